The van der Waals surface area contributed by atoms with E-state index in [0.717, 1.165) is 19.3 Å². The number of halogens is 1. The molecule has 30 heavy (non-hydrogen) atoms. The van der Waals surface area contributed by atoms with Crippen LogP contribution in [0.15, 0.2) is 47.4 Å². The second-order valence-corrected chi connectivity index (χ2v) is 9.04. The highest BCUT2D eigenvalue weighted by atomic mass is 35.5. The van der Waals surface area contributed by atoms with Crippen LogP contribution in [-0.4, -0.2) is 45.0 Å². The standard InChI is InChI=1S/C21H21ClN2O5S/c22-19-9-6-17(14-20(19)30(26,27)24-10-2-1-3-11-24)21(25)29-13-12-28-18-7-4-16(15-23)5-8-18/h4-9,14H,1-3,10-13H2. The van der Waals surface area contributed by atoms with Gasteiger partial charge in [-0.2, -0.15) is 9.57 Å². The third-order valence-corrected chi connectivity index (χ3v) is 7.05. The van der Waals surface area contributed by atoms with Crippen LogP contribution in [-0.2, 0) is 14.8 Å². The fourth-order valence-corrected chi connectivity index (χ4v) is 5.09. The van der Waals surface area contributed by atoms with Gasteiger partial charge in [-0.1, -0.05) is 18.0 Å². The Hall–Kier alpha value is -2.60. The van der Waals surface area contributed by atoms with Crippen molar-refractivity contribution in [3.63, 3.8) is 0 Å². The summed E-state index contributed by atoms with van der Waals surface area (Å²) >= 11 is 6.12. The van der Waals surface area contributed by atoms with Gasteiger partial charge in [0, 0.05) is 13.1 Å². The zero-order valence-electron chi connectivity index (χ0n) is 16.2. The highest BCUT2D eigenvalue weighted by Crippen LogP contribution is 2.28. The summed E-state index contributed by atoms with van der Waals surface area (Å²) in [5.41, 5.74) is 0.625. The van der Waals surface area contributed by atoms with Gasteiger partial charge in [0.15, 0.2) is 0 Å². The van der Waals surface area contributed by atoms with Crippen LogP contribution >= 0.6 is 11.6 Å². The van der Waals surface area contributed by atoms with Crippen LogP contribution in [0, 0.1) is 11.3 Å². The minimum absolute atomic E-state index is 0.0182. The molecular formula is C21H21ClN2O5S. The van der Waals surface area contributed by atoms with E-state index >= 15 is 0 Å². The Labute approximate surface area is 180 Å². The Bertz CT molecular complexity index is 1040. The molecule has 2 aromatic carbocycles. The second kappa shape index (κ2) is 9.94. The van der Waals surface area contributed by atoms with Crippen molar-refractivity contribution in [3.8, 4) is 11.8 Å². The van der Waals surface area contributed by atoms with E-state index in [1.807, 2.05) is 6.07 Å². The first-order chi connectivity index (χ1) is 14.4. The lowest BCUT2D eigenvalue weighted by atomic mass is 10.2. The monoisotopic (exact) mass is 448 g/mol. The van der Waals surface area contributed by atoms with Crippen molar-refractivity contribution in [1.82, 2.24) is 4.31 Å². The molecule has 158 valence electrons. The van der Waals surface area contributed by atoms with Gasteiger partial charge in [-0.3, -0.25) is 0 Å². The summed E-state index contributed by atoms with van der Waals surface area (Å²) in [6, 6.07) is 12.6. The van der Waals surface area contributed by atoms with Crippen LogP contribution in [0.3, 0.4) is 0 Å². The molecule has 1 fully saturated rings. The van der Waals surface area contributed by atoms with Crippen LogP contribution in [0.5, 0.6) is 5.75 Å². The number of nitriles is 1. The van der Waals surface area contributed by atoms with Gasteiger partial charge in [0.05, 0.1) is 22.2 Å². The Balaban J connectivity index is 1.60. The average Bonchev–Trinajstić information content (AvgIpc) is 2.77. The molecule has 0 amide bonds. The molecule has 0 unspecified atom stereocenters. The smallest absolute Gasteiger partial charge is 0.338 e. The van der Waals surface area contributed by atoms with Crippen LogP contribution in [0.1, 0.15) is 35.2 Å². The average molecular weight is 449 g/mol. The van der Waals surface area contributed by atoms with E-state index in [4.69, 9.17) is 26.3 Å². The predicted octanol–water partition coefficient (Wildman–Crippen LogP) is 3.62. The number of rotatable bonds is 7. The van der Waals surface area contributed by atoms with E-state index < -0.39 is 16.0 Å². The van der Waals surface area contributed by atoms with E-state index in [1.54, 1.807) is 24.3 Å². The van der Waals surface area contributed by atoms with Gasteiger partial charge in [0.1, 0.15) is 23.9 Å². The lowest BCUT2D eigenvalue weighted by molar-refractivity contribution is 0.0450. The van der Waals surface area contributed by atoms with Gasteiger partial charge in [0.25, 0.3) is 0 Å². The highest BCUT2D eigenvalue weighted by molar-refractivity contribution is 7.89. The number of benzene rings is 2. The van der Waals surface area contributed by atoms with E-state index in [9.17, 15) is 13.2 Å². The first-order valence-corrected chi connectivity index (χ1v) is 11.3. The third kappa shape index (κ3) is 5.30. The van der Waals surface area contributed by atoms with Crippen molar-refractivity contribution >= 4 is 27.6 Å². The first kappa shape index (κ1) is 22.1. The summed E-state index contributed by atoms with van der Waals surface area (Å²) < 4.78 is 37.8. The molecule has 1 heterocycles. The zero-order chi connectivity index (χ0) is 21.6. The second-order valence-electron chi connectivity index (χ2n) is 6.73. The molecule has 7 nitrogen and oxygen atoms in total. The number of carbonyl (C=O) groups excluding carboxylic acids is 1. The molecule has 0 aromatic heterocycles. The first-order valence-electron chi connectivity index (χ1n) is 9.51. The lowest BCUT2D eigenvalue weighted by Crippen LogP contribution is -2.35. The SMILES string of the molecule is N#Cc1ccc(OCCOC(=O)c2ccc(Cl)c(S(=O)(=O)N3CCCCC3)c2)cc1. The summed E-state index contributed by atoms with van der Waals surface area (Å²) in [5, 5.41) is 8.85. The summed E-state index contributed by atoms with van der Waals surface area (Å²) in [6.07, 6.45) is 2.60. The Morgan fingerprint density at radius 3 is 2.43 bits per heavy atom. The summed E-state index contributed by atoms with van der Waals surface area (Å²) in [4.78, 5) is 12.3. The minimum Gasteiger partial charge on any atom is -0.490 e. The molecule has 0 atom stereocenters. The summed E-state index contributed by atoms with van der Waals surface area (Å²) in [6.45, 7) is 0.986. The molecule has 1 saturated heterocycles. The molecule has 0 saturated carbocycles. The molecule has 0 bridgehead atoms. The van der Waals surface area contributed by atoms with Crippen molar-refractivity contribution < 1.29 is 22.7 Å². The predicted molar refractivity (Wildman–Crippen MR) is 111 cm³/mol. The van der Waals surface area contributed by atoms with Crippen LogP contribution < -0.4 is 4.74 Å². The number of carbonyl (C=O) groups is 1. The number of sulfonamides is 1. The molecule has 0 aliphatic carbocycles. The molecule has 2 aromatic rings. The van der Waals surface area contributed by atoms with E-state index in [0.29, 0.717) is 24.4 Å². The molecule has 0 spiro atoms. The number of nitrogens with zero attached hydrogens (tertiary/aromatic N) is 2. The third-order valence-electron chi connectivity index (χ3n) is 4.67. The van der Waals surface area contributed by atoms with Crippen LogP contribution in [0.4, 0.5) is 0 Å². The van der Waals surface area contributed by atoms with Gasteiger partial charge in [-0.25, -0.2) is 13.2 Å². The molecule has 0 N–H and O–H groups in total. The van der Waals surface area contributed by atoms with E-state index in [1.165, 1.54) is 22.5 Å². The highest BCUT2D eigenvalue weighted by Gasteiger charge is 2.29. The molecule has 9 heteroatoms. The van der Waals surface area contributed by atoms with Crippen LogP contribution in [0.2, 0.25) is 5.02 Å². The molecule has 0 radical (unpaired) electrons. The van der Waals surface area contributed by atoms with Gasteiger partial charge in [-0.05, 0) is 55.3 Å². The van der Waals surface area contributed by atoms with Gasteiger partial charge < -0.3 is 9.47 Å². The zero-order valence-corrected chi connectivity index (χ0v) is 17.8. The molecule has 1 aliphatic heterocycles. The fourth-order valence-electron chi connectivity index (χ4n) is 3.08. The van der Waals surface area contributed by atoms with Gasteiger partial charge >= 0.3 is 5.97 Å². The normalized spacial score (nSPS) is 14.7. The van der Waals surface area contributed by atoms with E-state index in [2.05, 4.69) is 0 Å². The lowest BCUT2D eigenvalue weighted by Gasteiger charge is -2.26. The quantitative estimate of drug-likeness (QED) is 0.474. The fraction of sp³-hybridized carbons (Fsp3) is 0.333. The van der Waals surface area contributed by atoms with E-state index in [-0.39, 0.29) is 28.7 Å². The molecule has 1 aliphatic rings. The van der Waals surface area contributed by atoms with Crippen molar-refractivity contribution in [2.75, 3.05) is 26.3 Å². The minimum atomic E-state index is -3.77. The Morgan fingerprint density at radius 1 is 1.07 bits per heavy atom. The Kier molecular flexibility index (Phi) is 7.32. The van der Waals surface area contributed by atoms with Crippen molar-refractivity contribution in [1.29, 1.82) is 5.26 Å². The maximum absolute atomic E-state index is 12.9. The van der Waals surface area contributed by atoms with Crippen LogP contribution in [0.25, 0.3) is 0 Å². The summed E-state index contributed by atoms with van der Waals surface area (Å²) in [7, 11) is -3.77. The molecule has 3 rings (SSSR count). The topological polar surface area (TPSA) is 96.7 Å². The Morgan fingerprint density at radius 2 is 1.77 bits per heavy atom. The summed E-state index contributed by atoms with van der Waals surface area (Å²) in [5.74, 6) is -0.114. The number of hydrogen-bond donors (Lipinski definition) is 0. The largest absolute Gasteiger partial charge is 0.490 e. The number of esters is 1. The van der Waals surface area contributed by atoms with Crippen molar-refractivity contribution in [3.05, 3.63) is 58.6 Å². The maximum Gasteiger partial charge on any atom is 0.338 e. The van der Waals surface area contributed by atoms with Gasteiger partial charge in [-0.15, -0.1) is 0 Å². The number of ether oxygens (including phenoxy) is 2. The molecular weight excluding hydrogens is 428 g/mol. The van der Waals surface area contributed by atoms with Crippen molar-refractivity contribution in [2.24, 2.45) is 0 Å². The number of piperidine rings is 1. The van der Waals surface area contributed by atoms with Gasteiger partial charge in [0.2, 0.25) is 10.0 Å². The van der Waals surface area contributed by atoms with Crippen molar-refractivity contribution in [2.45, 2.75) is 24.2 Å². The maximum atomic E-state index is 12.9. The number of hydrogen-bond acceptors (Lipinski definition) is 6.